The average molecular weight is 309 g/mol. The summed E-state index contributed by atoms with van der Waals surface area (Å²) in [4.78, 5) is 12.2. The Bertz CT molecular complexity index is 824. The summed E-state index contributed by atoms with van der Waals surface area (Å²) in [6.45, 7) is 3.04. The van der Waals surface area contributed by atoms with E-state index in [2.05, 4.69) is 10.4 Å². The fraction of sp³-hybridized carbons (Fsp3) is 0.250. The minimum absolute atomic E-state index is 0.0875. The first-order valence-corrected chi connectivity index (χ1v) is 6.83. The number of amides is 1. The van der Waals surface area contributed by atoms with Crippen LogP contribution in [0.25, 0.3) is 0 Å². The monoisotopic (exact) mass is 309 g/mol. The maximum Gasteiger partial charge on any atom is 0.257 e. The molecular formula is C16H15N5O2. The Hall–Kier alpha value is -3.16. The SMILES string of the molecule is Cc1cc(NC(=O)C(C)(O)Cn2cc(C#N)cn2)ccc1C#N. The number of benzene rings is 1. The van der Waals surface area contributed by atoms with E-state index in [4.69, 9.17) is 10.5 Å². The van der Waals surface area contributed by atoms with E-state index in [1.807, 2.05) is 12.1 Å². The van der Waals surface area contributed by atoms with Crippen LogP contribution in [0.15, 0.2) is 30.6 Å². The van der Waals surface area contributed by atoms with Crippen molar-refractivity contribution >= 4 is 11.6 Å². The van der Waals surface area contributed by atoms with Gasteiger partial charge in [-0.05, 0) is 37.6 Å². The van der Waals surface area contributed by atoms with Gasteiger partial charge in [0.2, 0.25) is 0 Å². The fourth-order valence-corrected chi connectivity index (χ4v) is 2.03. The van der Waals surface area contributed by atoms with Crippen molar-refractivity contribution in [3.8, 4) is 12.1 Å². The number of nitrogens with one attached hydrogen (secondary N) is 1. The molecule has 2 aromatic rings. The number of rotatable bonds is 4. The molecule has 2 rings (SSSR count). The standard InChI is InChI=1S/C16H15N5O2/c1-11-5-14(4-3-13(11)7-18)20-15(22)16(2,23)10-21-9-12(6-17)8-19-21/h3-5,8-9,23H,10H2,1-2H3,(H,20,22). The molecule has 1 atom stereocenters. The summed E-state index contributed by atoms with van der Waals surface area (Å²) in [6, 6.07) is 8.84. The minimum atomic E-state index is -1.71. The predicted molar refractivity (Wildman–Crippen MR) is 82.1 cm³/mol. The summed E-state index contributed by atoms with van der Waals surface area (Å²) in [5, 5.41) is 34.5. The van der Waals surface area contributed by atoms with Gasteiger partial charge in [0.05, 0.1) is 29.9 Å². The van der Waals surface area contributed by atoms with Crippen molar-refractivity contribution in [1.29, 1.82) is 10.5 Å². The number of nitrogens with zero attached hydrogens (tertiary/aromatic N) is 4. The topological polar surface area (TPSA) is 115 Å². The van der Waals surface area contributed by atoms with Crippen LogP contribution in [-0.4, -0.2) is 26.4 Å². The summed E-state index contributed by atoms with van der Waals surface area (Å²) < 4.78 is 1.34. The highest BCUT2D eigenvalue weighted by molar-refractivity contribution is 5.96. The lowest BCUT2D eigenvalue weighted by atomic mass is 10.1. The lowest BCUT2D eigenvalue weighted by Gasteiger charge is -2.22. The van der Waals surface area contributed by atoms with E-state index in [0.717, 1.165) is 5.56 Å². The first-order chi connectivity index (χ1) is 10.9. The van der Waals surface area contributed by atoms with Crippen molar-refractivity contribution < 1.29 is 9.90 Å². The number of aryl methyl sites for hydroxylation is 1. The molecule has 1 aromatic carbocycles. The number of aliphatic hydroxyl groups is 1. The number of hydrogen-bond donors (Lipinski definition) is 2. The summed E-state index contributed by atoms with van der Waals surface area (Å²) >= 11 is 0. The minimum Gasteiger partial charge on any atom is -0.378 e. The van der Waals surface area contributed by atoms with Crippen molar-refractivity contribution in [2.45, 2.75) is 26.0 Å². The van der Waals surface area contributed by atoms with Gasteiger partial charge in [0.1, 0.15) is 6.07 Å². The first kappa shape index (κ1) is 16.2. The van der Waals surface area contributed by atoms with Crippen LogP contribution in [0.4, 0.5) is 5.69 Å². The number of anilines is 1. The zero-order valence-corrected chi connectivity index (χ0v) is 12.7. The van der Waals surface area contributed by atoms with Crippen molar-refractivity contribution in [3.63, 3.8) is 0 Å². The highest BCUT2D eigenvalue weighted by Gasteiger charge is 2.31. The number of hydrogen-bond acceptors (Lipinski definition) is 5. The number of carbonyl (C=O) groups excluding carboxylic acids is 1. The maximum absolute atomic E-state index is 12.2. The Labute approximate surface area is 133 Å². The molecule has 2 N–H and O–H groups in total. The zero-order chi connectivity index (χ0) is 17.0. The molecule has 1 amide bonds. The van der Waals surface area contributed by atoms with Gasteiger partial charge in [0, 0.05) is 11.9 Å². The lowest BCUT2D eigenvalue weighted by Crippen LogP contribution is -2.43. The van der Waals surface area contributed by atoms with Gasteiger partial charge >= 0.3 is 0 Å². The molecule has 7 heteroatoms. The Morgan fingerprint density at radius 1 is 1.43 bits per heavy atom. The normalized spacial score (nSPS) is 12.7. The highest BCUT2D eigenvalue weighted by Crippen LogP contribution is 2.17. The van der Waals surface area contributed by atoms with Crippen molar-refractivity contribution in [2.75, 3.05) is 5.32 Å². The van der Waals surface area contributed by atoms with Crippen LogP contribution in [0.1, 0.15) is 23.6 Å². The second-order valence-corrected chi connectivity index (χ2v) is 5.41. The van der Waals surface area contributed by atoms with Gasteiger partial charge in [0.15, 0.2) is 5.60 Å². The summed E-state index contributed by atoms with van der Waals surface area (Å²) in [6.07, 6.45) is 2.81. The van der Waals surface area contributed by atoms with Crippen LogP contribution in [0.2, 0.25) is 0 Å². The zero-order valence-electron chi connectivity index (χ0n) is 12.7. The van der Waals surface area contributed by atoms with Gasteiger partial charge in [-0.3, -0.25) is 9.48 Å². The molecule has 1 heterocycles. The Morgan fingerprint density at radius 3 is 2.74 bits per heavy atom. The van der Waals surface area contributed by atoms with Crippen LogP contribution in [0, 0.1) is 29.6 Å². The van der Waals surface area contributed by atoms with Gasteiger partial charge in [-0.25, -0.2) is 0 Å². The van der Waals surface area contributed by atoms with Crippen molar-refractivity contribution in [2.24, 2.45) is 0 Å². The molecule has 116 valence electrons. The van der Waals surface area contributed by atoms with Crippen LogP contribution < -0.4 is 5.32 Å². The number of aromatic nitrogens is 2. The van der Waals surface area contributed by atoms with Crippen LogP contribution in [0.5, 0.6) is 0 Å². The van der Waals surface area contributed by atoms with E-state index in [0.29, 0.717) is 16.8 Å². The Morgan fingerprint density at radius 2 is 2.17 bits per heavy atom. The smallest absolute Gasteiger partial charge is 0.257 e. The second-order valence-electron chi connectivity index (χ2n) is 5.41. The first-order valence-electron chi connectivity index (χ1n) is 6.83. The van der Waals surface area contributed by atoms with E-state index in [-0.39, 0.29) is 6.54 Å². The molecule has 0 aliphatic carbocycles. The van der Waals surface area contributed by atoms with Crippen LogP contribution in [0.3, 0.4) is 0 Å². The van der Waals surface area contributed by atoms with Gasteiger partial charge in [0.25, 0.3) is 5.91 Å². The lowest BCUT2D eigenvalue weighted by molar-refractivity contribution is -0.133. The molecule has 7 nitrogen and oxygen atoms in total. The molecule has 0 spiro atoms. The van der Waals surface area contributed by atoms with Gasteiger partial charge < -0.3 is 10.4 Å². The highest BCUT2D eigenvalue weighted by atomic mass is 16.3. The van der Waals surface area contributed by atoms with Gasteiger partial charge in [-0.15, -0.1) is 0 Å². The van der Waals surface area contributed by atoms with Crippen LogP contribution >= 0.6 is 0 Å². The molecular weight excluding hydrogens is 294 g/mol. The summed E-state index contributed by atoms with van der Waals surface area (Å²) in [5.41, 5.74) is 0.389. The van der Waals surface area contributed by atoms with E-state index < -0.39 is 11.5 Å². The van der Waals surface area contributed by atoms with Crippen molar-refractivity contribution in [3.05, 3.63) is 47.3 Å². The van der Waals surface area contributed by atoms with Gasteiger partial charge in [-0.2, -0.15) is 15.6 Å². The molecule has 0 aliphatic rings. The molecule has 0 aliphatic heterocycles. The third kappa shape index (κ3) is 3.73. The third-order valence-corrected chi connectivity index (χ3v) is 3.33. The Kier molecular flexibility index (Phi) is 4.44. The maximum atomic E-state index is 12.2. The van der Waals surface area contributed by atoms with E-state index in [1.54, 1.807) is 25.1 Å². The predicted octanol–water partition coefficient (Wildman–Crippen LogP) is 1.32. The number of nitriles is 2. The molecule has 0 saturated carbocycles. The fourth-order valence-electron chi connectivity index (χ4n) is 2.03. The van der Waals surface area contributed by atoms with E-state index in [9.17, 15) is 9.90 Å². The molecule has 23 heavy (non-hydrogen) atoms. The third-order valence-electron chi connectivity index (χ3n) is 3.33. The largest absolute Gasteiger partial charge is 0.378 e. The second kappa shape index (κ2) is 6.30. The van der Waals surface area contributed by atoms with E-state index in [1.165, 1.54) is 24.0 Å². The van der Waals surface area contributed by atoms with E-state index >= 15 is 0 Å². The quantitative estimate of drug-likeness (QED) is 0.884. The van der Waals surface area contributed by atoms with Crippen molar-refractivity contribution in [1.82, 2.24) is 9.78 Å². The molecule has 1 aromatic heterocycles. The molecule has 0 radical (unpaired) electrons. The Balaban J connectivity index is 2.11. The van der Waals surface area contributed by atoms with Crippen LogP contribution in [-0.2, 0) is 11.3 Å². The van der Waals surface area contributed by atoms with Gasteiger partial charge in [-0.1, -0.05) is 0 Å². The summed E-state index contributed by atoms with van der Waals surface area (Å²) in [7, 11) is 0. The number of carbonyl (C=O) groups is 1. The molecule has 1 unspecified atom stereocenters. The molecule has 0 bridgehead atoms. The molecule has 0 fully saturated rings. The average Bonchev–Trinajstić information content (AvgIpc) is 2.94. The summed E-state index contributed by atoms with van der Waals surface area (Å²) in [5.74, 6) is -0.601. The molecule has 0 saturated heterocycles.